The third-order valence-corrected chi connectivity index (χ3v) is 17.3. The number of nitrogens with two attached hydrogens (primary N) is 1. The SMILES string of the molecule is CN(CCCC(=O)NCCCCCCOP(=O)(O)OP(=O)(O)OP(=O)(O)OC[C@H]1O[C@@H](n2cnc3c(N)ncnc32)[C@H](O)[C@@H]1O)C(=O)c1ccccc1C1=C2C=CC(=[N+](C)C)C=C2C(C)(C)c2cc(N(C)C)ccc21. The molecule has 3 heterocycles. The molecule has 2 aliphatic carbocycles. The minimum absolute atomic E-state index is 0.0345. The van der Waals surface area contributed by atoms with Crippen molar-refractivity contribution >= 4 is 69.2 Å². The maximum atomic E-state index is 14.2. The van der Waals surface area contributed by atoms with Crippen LogP contribution in [-0.4, -0.2) is 151 Å². The Balaban J connectivity index is 0.813. The highest BCUT2D eigenvalue weighted by Crippen LogP contribution is 2.68. The Kier molecular flexibility index (Phi) is 18.0. The number of benzene rings is 2. The molecule has 24 nitrogen and oxygen atoms in total. The fourth-order valence-electron chi connectivity index (χ4n) is 9.06. The molecule has 0 saturated carbocycles. The van der Waals surface area contributed by atoms with Crippen molar-refractivity contribution in [3.8, 4) is 0 Å². The maximum Gasteiger partial charge on any atom is 0.490 e. The fourth-order valence-corrected chi connectivity index (χ4v) is 12.6. The number of unbranched alkanes of at least 4 members (excludes halogenated alkanes) is 3. The van der Waals surface area contributed by atoms with Crippen molar-refractivity contribution in [1.82, 2.24) is 29.7 Å². The molecule has 27 heteroatoms. The number of hydrogen-bond donors (Lipinski definition) is 7. The Bertz CT molecular complexity index is 3080. The third-order valence-electron chi connectivity index (χ3n) is 13.1. The molecule has 2 aromatic carbocycles. The minimum Gasteiger partial charge on any atom is -0.387 e. The molecule has 406 valence electrons. The topological polar surface area (TPSA) is 324 Å². The van der Waals surface area contributed by atoms with Crippen LogP contribution in [0.2, 0.25) is 0 Å². The number of nitrogens with one attached hydrogen (secondary N) is 1. The monoisotopic (exact) mass is 1100 g/mol. The van der Waals surface area contributed by atoms with E-state index in [-0.39, 0.29) is 47.1 Å². The fraction of sp³-hybridized carbons (Fsp3) is 0.458. The number of phosphoric acid groups is 3. The first-order chi connectivity index (χ1) is 35.3. The van der Waals surface area contributed by atoms with Gasteiger partial charge in [0.05, 0.1) is 19.5 Å². The molecule has 7 atom stereocenters. The number of aromatic nitrogens is 4. The predicted molar refractivity (Wildman–Crippen MR) is 277 cm³/mol. The first-order valence-corrected chi connectivity index (χ1v) is 28.6. The number of fused-ring (bicyclic) bond motifs is 3. The van der Waals surface area contributed by atoms with Gasteiger partial charge in [0.2, 0.25) is 5.91 Å². The van der Waals surface area contributed by atoms with Crippen molar-refractivity contribution in [2.45, 2.75) is 82.3 Å². The first-order valence-electron chi connectivity index (χ1n) is 24.1. The molecule has 0 radical (unpaired) electrons. The number of amides is 2. The molecule has 3 unspecified atom stereocenters. The Morgan fingerprint density at radius 3 is 2.31 bits per heavy atom. The second kappa shape index (κ2) is 23.5. The summed E-state index contributed by atoms with van der Waals surface area (Å²) in [5.41, 5.74) is 14.8. The van der Waals surface area contributed by atoms with Gasteiger partial charge in [0.15, 0.2) is 23.4 Å². The number of carbonyl (C=O) groups excluding carboxylic acids is 2. The standard InChI is InChI=1S/C48H64N9O15P3/c1-48(2)36-25-30(54(3)4)18-20-34(36)40(35-21-19-31(55(5)6)26-37(35)48)32-15-10-11-16-33(32)46(61)56(7)23-14-17-39(58)50-22-12-8-9-13-24-68-73(62,63)71-75(66,67)72-74(64,65)69-27-38-42(59)43(60)47(70-38)57-29-53-41-44(49)51-28-52-45(41)57/h10-11,15-16,18-21,25-26,28-29,38,42-43,47,59-60H,8-9,12-14,17,22-24,27H2,1-7H3,(H5-,49,50,51,52,58,62,63,64,65,66,67)/p+1/t38-,42-,43-,47-/m1/s1. The lowest BCUT2D eigenvalue weighted by Gasteiger charge is -2.39. The summed E-state index contributed by atoms with van der Waals surface area (Å²) in [6.07, 6.45) is 5.09. The lowest BCUT2D eigenvalue weighted by Crippen LogP contribution is -2.33. The quantitative estimate of drug-likeness (QED) is 0.0292. The number of nitrogens with zero attached hydrogens (tertiary/aromatic N) is 7. The number of carbonyl (C=O) groups is 2. The van der Waals surface area contributed by atoms with E-state index in [1.54, 1.807) is 11.9 Å². The summed E-state index contributed by atoms with van der Waals surface area (Å²) in [4.78, 5) is 72.7. The summed E-state index contributed by atoms with van der Waals surface area (Å²) < 4.78 is 64.0. The van der Waals surface area contributed by atoms with Crippen LogP contribution >= 0.6 is 23.5 Å². The van der Waals surface area contributed by atoms with Crippen molar-refractivity contribution in [2.75, 3.05) is 72.2 Å². The minimum atomic E-state index is -5.79. The van der Waals surface area contributed by atoms with E-state index in [0.29, 0.717) is 44.3 Å². The number of aliphatic hydroxyl groups excluding tert-OH is 2. The van der Waals surface area contributed by atoms with Crippen molar-refractivity contribution in [3.05, 3.63) is 107 Å². The summed E-state index contributed by atoms with van der Waals surface area (Å²) in [5.74, 6) is -0.315. The van der Waals surface area contributed by atoms with E-state index in [4.69, 9.17) is 15.0 Å². The van der Waals surface area contributed by atoms with E-state index in [1.807, 2.05) is 52.5 Å². The second-order valence-electron chi connectivity index (χ2n) is 19.2. The highest BCUT2D eigenvalue weighted by atomic mass is 31.3. The molecule has 3 aliphatic rings. The number of aliphatic hydroxyl groups is 2. The summed E-state index contributed by atoms with van der Waals surface area (Å²) in [5, 5.41) is 24.0. The Hall–Kier alpha value is -5.29. The molecule has 2 amide bonds. The van der Waals surface area contributed by atoms with E-state index < -0.39 is 61.2 Å². The average Bonchev–Trinajstić information content (AvgIpc) is 3.90. The Morgan fingerprint density at radius 1 is 0.880 bits per heavy atom. The molecule has 2 aromatic heterocycles. The van der Waals surface area contributed by atoms with E-state index in [9.17, 15) is 48.2 Å². The van der Waals surface area contributed by atoms with Crippen LogP contribution in [0.15, 0.2) is 84.5 Å². The van der Waals surface area contributed by atoms with Gasteiger partial charge in [0.1, 0.15) is 44.3 Å². The largest absolute Gasteiger partial charge is 0.490 e. The van der Waals surface area contributed by atoms with Gasteiger partial charge >= 0.3 is 23.5 Å². The van der Waals surface area contributed by atoms with Crippen LogP contribution in [0.1, 0.15) is 85.6 Å². The van der Waals surface area contributed by atoms with Gasteiger partial charge in [-0.2, -0.15) is 8.62 Å². The molecule has 1 aliphatic heterocycles. The first kappa shape index (κ1) is 57.4. The summed E-state index contributed by atoms with van der Waals surface area (Å²) in [6, 6.07) is 14.2. The summed E-state index contributed by atoms with van der Waals surface area (Å²) in [6.45, 7) is 3.79. The normalized spacial score (nSPS) is 21.4. The van der Waals surface area contributed by atoms with Gasteiger partial charge in [-0.1, -0.05) is 51.0 Å². The van der Waals surface area contributed by atoms with Crippen molar-refractivity contribution in [2.24, 2.45) is 0 Å². The molecule has 75 heavy (non-hydrogen) atoms. The van der Waals surface area contributed by atoms with Crippen molar-refractivity contribution < 1.29 is 75.2 Å². The number of imidazole rings is 1. The average molecular weight is 1100 g/mol. The van der Waals surface area contributed by atoms with E-state index in [2.05, 4.69) is 93.2 Å². The molecule has 4 aromatic rings. The zero-order valence-electron chi connectivity index (χ0n) is 42.7. The van der Waals surface area contributed by atoms with Gasteiger partial charge in [0, 0.05) is 69.5 Å². The van der Waals surface area contributed by atoms with Crippen LogP contribution in [0.4, 0.5) is 11.5 Å². The van der Waals surface area contributed by atoms with E-state index >= 15 is 0 Å². The van der Waals surface area contributed by atoms with Gasteiger partial charge in [-0.25, -0.2) is 33.2 Å². The number of ether oxygens (including phenoxy) is 1. The Labute approximate surface area is 434 Å². The number of anilines is 2. The molecule has 1 saturated heterocycles. The molecular formula is C48H65N9O15P3+. The Morgan fingerprint density at radius 2 is 1.59 bits per heavy atom. The van der Waals surface area contributed by atoms with Gasteiger partial charge in [0.25, 0.3) is 5.91 Å². The smallest absolute Gasteiger partial charge is 0.387 e. The van der Waals surface area contributed by atoms with E-state index in [1.165, 1.54) is 22.0 Å². The predicted octanol–water partition coefficient (Wildman–Crippen LogP) is 4.99. The lowest BCUT2D eigenvalue weighted by molar-refractivity contribution is -0.462. The van der Waals surface area contributed by atoms with Crippen LogP contribution in [0.3, 0.4) is 0 Å². The highest BCUT2D eigenvalue weighted by Gasteiger charge is 2.47. The van der Waals surface area contributed by atoms with Crippen LogP contribution in [0, 0.1) is 0 Å². The molecule has 0 spiro atoms. The van der Waals surface area contributed by atoms with Gasteiger partial charge < -0.3 is 50.5 Å². The van der Waals surface area contributed by atoms with E-state index in [0.717, 1.165) is 40.0 Å². The number of hydrogen-bond acceptors (Lipinski definition) is 17. The van der Waals surface area contributed by atoms with Gasteiger partial charge in [-0.05, 0) is 76.9 Å². The van der Waals surface area contributed by atoms with Crippen LogP contribution < -0.4 is 16.0 Å². The number of rotatable bonds is 23. The van der Waals surface area contributed by atoms with Crippen LogP contribution in [-0.2, 0) is 46.3 Å². The van der Waals surface area contributed by atoms with Crippen molar-refractivity contribution in [1.29, 1.82) is 0 Å². The molecule has 0 bridgehead atoms. The second-order valence-corrected chi connectivity index (χ2v) is 23.8. The zero-order chi connectivity index (χ0) is 54.6. The molecular weight excluding hydrogens is 1040 g/mol. The molecule has 1 fully saturated rings. The van der Waals surface area contributed by atoms with Crippen molar-refractivity contribution in [3.63, 3.8) is 0 Å². The van der Waals surface area contributed by atoms with Crippen LogP contribution in [0.25, 0.3) is 16.7 Å². The van der Waals surface area contributed by atoms with Crippen LogP contribution in [0.5, 0.6) is 0 Å². The third kappa shape index (κ3) is 13.5. The van der Waals surface area contributed by atoms with Gasteiger partial charge in [-0.15, -0.1) is 0 Å². The number of nitrogen functional groups attached to an aromatic ring is 1. The molecule has 7 rings (SSSR count). The van der Waals surface area contributed by atoms with Gasteiger partial charge in [-0.3, -0.25) is 23.2 Å². The lowest BCUT2D eigenvalue weighted by atomic mass is 9.64. The zero-order valence-corrected chi connectivity index (χ0v) is 45.4. The summed E-state index contributed by atoms with van der Waals surface area (Å²) >= 11 is 0. The maximum absolute atomic E-state index is 14.2. The number of phosphoric ester groups is 2. The molecule has 8 N–H and O–H groups in total. The summed E-state index contributed by atoms with van der Waals surface area (Å²) in [7, 11) is -6.83. The highest BCUT2D eigenvalue weighted by molar-refractivity contribution is 7.66. The number of allylic oxidation sites excluding steroid dienone is 5.